The predicted molar refractivity (Wildman–Crippen MR) is 92.4 cm³/mol. The molecule has 0 fully saturated rings. The van der Waals surface area contributed by atoms with Crippen LogP contribution in [0.2, 0.25) is 4.34 Å². The first-order valence-electron chi connectivity index (χ1n) is 7.28. The van der Waals surface area contributed by atoms with Crippen molar-refractivity contribution in [2.24, 2.45) is 0 Å². The molecule has 4 heteroatoms. The number of hydrogen-bond donors (Lipinski definition) is 1. The molecule has 0 aliphatic rings. The second-order valence-electron chi connectivity index (χ2n) is 5.03. The van der Waals surface area contributed by atoms with Crippen LogP contribution in [-0.2, 0) is 12.8 Å². The second kappa shape index (κ2) is 8.83. The van der Waals surface area contributed by atoms with Crippen LogP contribution in [-0.4, -0.2) is 12.6 Å². The molecule has 1 unspecified atom stereocenters. The molecule has 1 nitrogen and oxygen atoms in total. The molecule has 0 radical (unpaired) electrons. The van der Waals surface area contributed by atoms with Crippen molar-refractivity contribution in [1.82, 2.24) is 5.32 Å². The molecular weight excluding hydrogens is 306 g/mol. The molecule has 110 valence electrons. The maximum Gasteiger partial charge on any atom is 0.0931 e. The molecular formula is C16H22ClNS2. The summed E-state index contributed by atoms with van der Waals surface area (Å²) < 4.78 is 0.896. The van der Waals surface area contributed by atoms with Gasteiger partial charge in [0.15, 0.2) is 0 Å². The molecule has 2 aromatic heterocycles. The quantitative estimate of drug-likeness (QED) is 0.650. The van der Waals surface area contributed by atoms with Gasteiger partial charge in [-0.1, -0.05) is 24.6 Å². The summed E-state index contributed by atoms with van der Waals surface area (Å²) >= 11 is 9.59. The third kappa shape index (κ3) is 5.57. The number of halogens is 1. The molecule has 0 aromatic carbocycles. The Morgan fingerprint density at radius 1 is 1.25 bits per heavy atom. The molecule has 1 atom stereocenters. The maximum absolute atomic E-state index is 6.02. The SMILES string of the molecule is CCCNC(CCCc1cccs1)Cc1ccc(Cl)s1. The molecule has 0 amide bonds. The monoisotopic (exact) mass is 327 g/mol. The minimum absolute atomic E-state index is 0.574. The Hall–Kier alpha value is -0.350. The van der Waals surface area contributed by atoms with Gasteiger partial charge in [0, 0.05) is 15.8 Å². The lowest BCUT2D eigenvalue weighted by Crippen LogP contribution is -2.31. The predicted octanol–water partition coefficient (Wildman–Crippen LogP) is 5.40. The van der Waals surface area contributed by atoms with Crippen molar-refractivity contribution in [2.45, 2.75) is 45.1 Å². The Bertz CT molecular complexity index is 478. The van der Waals surface area contributed by atoms with Crippen LogP contribution >= 0.6 is 34.3 Å². The fraction of sp³-hybridized carbons (Fsp3) is 0.500. The summed E-state index contributed by atoms with van der Waals surface area (Å²) in [5, 5.41) is 5.84. The van der Waals surface area contributed by atoms with Gasteiger partial charge in [0.2, 0.25) is 0 Å². The normalized spacial score (nSPS) is 12.7. The average Bonchev–Trinajstić information content (AvgIpc) is 3.08. The molecule has 2 heterocycles. The van der Waals surface area contributed by atoms with Gasteiger partial charge in [0.25, 0.3) is 0 Å². The van der Waals surface area contributed by atoms with E-state index in [2.05, 4.69) is 35.8 Å². The van der Waals surface area contributed by atoms with E-state index in [4.69, 9.17) is 11.6 Å². The minimum atomic E-state index is 0.574. The molecule has 0 spiro atoms. The zero-order chi connectivity index (χ0) is 14.2. The van der Waals surface area contributed by atoms with Crippen molar-refractivity contribution >= 4 is 34.3 Å². The van der Waals surface area contributed by atoms with Crippen molar-refractivity contribution in [2.75, 3.05) is 6.54 Å². The third-order valence-corrected chi connectivity index (χ3v) is 5.50. The summed E-state index contributed by atoms with van der Waals surface area (Å²) in [6.45, 7) is 3.32. The summed E-state index contributed by atoms with van der Waals surface area (Å²) in [7, 11) is 0. The van der Waals surface area contributed by atoms with Gasteiger partial charge < -0.3 is 5.32 Å². The van der Waals surface area contributed by atoms with Crippen LogP contribution in [0, 0.1) is 0 Å². The zero-order valence-corrected chi connectivity index (χ0v) is 14.3. The molecule has 0 aliphatic heterocycles. The highest BCUT2D eigenvalue weighted by atomic mass is 35.5. The lowest BCUT2D eigenvalue weighted by Gasteiger charge is -2.17. The van der Waals surface area contributed by atoms with Crippen LogP contribution in [0.4, 0.5) is 0 Å². The van der Waals surface area contributed by atoms with E-state index in [0.29, 0.717) is 6.04 Å². The zero-order valence-electron chi connectivity index (χ0n) is 11.9. The van der Waals surface area contributed by atoms with Crippen LogP contribution in [0.15, 0.2) is 29.6 Å². The standard InChI is InChI=1S/C16H22ClNS2/c1-2-10-18-13(12-15-8-9-16(17)20-15)5-3-6-14-7-4-11-19-14/h4,7-9,11,13,18H,2-3,5-6,10,12H2,1H3. The van der Waals surface area contributed by atoms with E-state index in [1.54, 1.807) is 11.3 Å². The van der Waals surface area contributed by atoms with Gasteiger partial charge in [-0.15, -0.1) is 22.7 Å². The van der Waals surface area contributed by atoms with Gasteiger partial charge in [-0.2, -0.15) is 0 Å². The van der Waals surface area contributed by atoms with Crippen LogP contribution in [0.3, 0.4) is 0 Å². The first-order valence-corrected chi connectivity index (χ1v) is 9.35. The van der Waals surface area contributed by atoms with Crippen LogP contribution in [0.25, 0.3) is 0 Å². The van der Waals surface area contributed by atoms with Crippen molar-refractivity contribution in [3.63, 3.8) is 0 Å². The molecule has 2 rings (SSSR count). The van der Waals surface area contributed by atoms with E-state index in [0.717, 1.165) is 17.3 Å². The van der Waals surface area contributed by atoms with E-state index in [9.17, 15) is 0 Å². The highest BCUT2D eigenvalue weighted by molar-refractivity contribution is 7.16. The van der Waals surface area contributed by atoms with Gasteiger partial charge in [-0.05, 0) is 62.2 Å². The fourth-order valence-corrected chi connectivity index (χ4v) is 4.23. The van der Waals surface area contributed by atoms with Crippen LogP contribution in [0.5, 0.6) is 0 Å². The average molecular weight is 328 g/mol. The van der Waals surface area contributed by atoms with Gasteiger partial charge in [-0.25, -0.2) is 0 Å². The summed E-state index contributed by atoms with van der Waals surface area (Å²) in [4.78, 5) is 2.89. The molecule has 0 saturated heterocycles. The number of nitrogens with one attached hydrogen (secondary N) is 1. The minimum Gasteiger partial charge on any atom is -0.314 e. The van der Waals surface area contributed by atoms with Gasteiger partial charge >= 0.3 is 0 Å². The lowest BCUT2D eigenvalue weighted by atomic mass is 10.0. The summed E-state index contributed by atoms with van der Waals surface area (Å²) in [5.41, 5.74) is 0. The van der Waals surface area contributed by atoms with Gasteiger partial charge in [0.1, 0.15) is 0 Å². The summed E-state index contributed by atoms with van der Waals surface area (Å²) in [6, 6.07) is 9.11. The highest BCUT2D eigenvalue weighted by Crippen LogP contribution is 2.23. The van der Waals surface area contributed by atoms with E-state index in [1.807, 2.05) is 17.4 Å². The van der Waals surface area contributed by atoms with Crippen molar-refractivity contribution in [1.29, 1.82) is 0 Å². The highest BCUT2D eigenvalue weighted by Gasteiger charge is 2.10. The molecule has 0 bridgehead atoms. The molecule has 1 N–H and O–H groups in total. The van der Waals surface area contributed by atoms with E-state index in [1.165, 1.54) is 35.4 Å². The third-order valence-electron chi connectivity index (χ3n) is 3.32. The molecule has 20 heavy (non-hydrogen) atoms. The Kier molecular flexibility index (Phi) is 7.08. The number of thiophene rings is 2. The fourth-order valence-electron chi connectivity index (χ4n) is 2.31. The first-order chi connectivity index (χ1) is 9.78. The van der Waals surface area contributed by atoms with Crippen LogP contribution < -0.4 is 5.32 Å². The lowest BCUT2D eigenvalue weighted by molar-refractivity contribution is 0.467. The second-order valence-corrected chi connectivity index (χ2v) is 7.86. The van der Waals surface area contributed by atoms with E-state index in [-0.39, 0.29) is 0 Å². The number of hydrogen-bond acceptors (Lipinski definition) is 3. The molecule has 0 saturated carbocycles. The van der Waals surface area contributed by atoms with E-state index < -0.39 is 0 Å². The Morgan fingerprint density at radius 3 is 2.80 bits per heavy atom. The first kappa shape index (κ1) is 16.0. The van der Waals surface area contributed by atoms with E-state index >= 15 is 0 Å². The largest absolute Gasteiger partial charge is 0.314 e. The Labute approximate surface area is 135 Å². The molecule has 2 aromatic rings. The summed E-state index contributed by atoms with van der Waals surface area (Å²) in [6.07, 6.45) is 5.97. The number of rotatable bonds is 9. The maximum atomic E-state index is 6.02. The summed E-state index contributed by atoms with van der Waals surface area (Å²) in [5.74, 6) is 0. The smallest absolute Gasteiger partial charge is 0.0931 e. The molecule has 0 aliphatic carbocycles. The topological polar surface area (TPSA) is 12.0 Å². The van der Waals surface area contributed by atoms with Gasteiger partial charge in [-0.3, -0.25) is 0 Å². The van der Waals surface area contributed by atoms with Crippen LogP contribution in [0.1, 0.15) is 35.9 Å². The van der Waals surface area contributed by atoms with Crippen molar-refractivity contribution in [3.05, 3.63) is 43.7 Å². The Balaban J connectivity index is 1.79. The Morgan fingerprint density at radius 2 is 2.15 bits per heavy atom. The number of aryl methyl sites for hydroxylation is 1. The van der Waals surface area contributed by atoms with Crippen molar-refractivity contribution < 1.29 is 0 Å². The van der Waals surface area contributed by atoms with Gasteiger partial charge in [0.05, 0.1) is 4.34 Å². The van der Waals surface area contributed by atoms with Crippen molar-refractivity contribution in [3.8, 4) is 0 Å².